The maximum absolute atomic E-state index is 12.0. The second kappa shape index (κ2) is 3.64. The summed E-state index contributed by atoms with van der Waals surface area (Å²) in [6, 6.07) is 1.34. The summed E-state index contributed by atoms with van der Waals surface area (Å²) in [6.07, 6.45) is 0.472. The van der Waals surface area contributed by atoms with Gasteiger partial charge in [-0.25, -0.2) is 22.0 Å². The largest absolute Gasteiger partial charge is 0.247 e. The zero-order valence-corrected chi connectivity index (χ0v) is 11.5. The molecule has 0 aromatic carbocycles. The van der Waals surface area contributed by atoms with Crippen molar-refractivity contribution in [1.29, 1.82) is 0 Å². The molecule has 1 aliphatic rings. The Morgan fingerprint density at radius 1 is 1.53 bits per heavy atom. The minimum absolute atomic E-state index is 0.0598. The standard InChI is InChI=1S/C9H11NO4S3/c1-5-3-7-4-8(17(10,13)14)15-9(7)16(11,12)6(5)2/h4-5H,2-3H2,1H3,(H2,10,13,14). The van der Waals surface area contributed by atoms with Crippen molar-refractivity contribution in [2.75, 3.05) is 0 Å². The summed E-state index contributed by atoms with van der Waals surface area (Å²) in [6.45, 7) is 5.30. The number of primary sulfonamides is 1. The third-order valence-corrected chi connectivity index (χ3v) is 7.84. The highest BCUT2D eigenvalue weighted by molar-refractivity contribution is 7.98. The molecule has 1 unspecified atom stereocenters. The minimum atomic E-state index is -3.86. The predicted molar refractivity (Wildman–Crippen MR) is 64.9 cm³/mol. The SMILES string of the molecule is C=C1C(C)Cc2cc(S(N)(=O)=O)sc2S1(=O)=O. The van der Waals surface area contributed by atoms with Gasteiger partial charge in [0.2, 0.25) is 19.9 Å². The molecule has 0 saturated heterocycles. The molecule has 0 saturated carbocycles. The van der Waals surface area contributed by atoms with Gasteiger partial charge in [0, 0.05) is 4.91 Å². The van der Waals surface area contributed by atoms with Gasteiger partial charge in [-0.1, -0.05) is 13.5 Å². The summed E-state index contributed by atoms with van der Waals surface area (Å²) in [4.78, 5) is 0.132. The van der Waals surface area contributed by atoms with Crippen LogP contribution < -0.4 is 5.14 Å². The van der Waals surface area contributed by atoms with Gasteiger partial charge in [0.05, 0.1) is 0 Å². The van der Waals surface area contributed by atoms with E-state index >= 15 is 0 Å². The molecular weight excluding hydrogens is 282 g/mol. The molecule has 8 heteroatoms. The first-order chi connectivity index (χ1) is 7.64. The molecule has 1 aromatic heterocycles. The summed E-state index contributed by atoms with van der Waals surface area (Å²) >= 11 is 0.693. The molecule has 5 nitrogen and oxygen atoms in total. The van der Waals surface area contributed by atoms with Crippen LogP contribution in [0.5, 0.6) is 0 Å². The molecule has 2 heterocycles. The Morgan fingerprint density at radius 3 is 2.65 bits per heavy atom. The van der Waals surface area contributed by atoms with Crippen molar-refractivity contribution >= 4 is 31.2 Å². The van der Waals surface area contributed by atoms with Crippen LogP contribution in [0.3, 0.4) is 0 Å². The van der Waals surface area contributed by atoms with E-state index in [4.69, 9.17) is 5.14 Å². The molecule has 0 bridgehead atoms. The highest BCUT2D eigenvalue weighted by Gasteiger charge is 2.35. The Bertz CT molecular complexity index is 697. The van der Waals surface area contributed by atoms with Gasteiger partial charge < -0.3 is 0 Å². The number of nitrogens with two attached hydrogens (primary N) is 1. The van der Waals surface area contributed by atoms with Crippen molar-refractivity contribution in [1.82, 2.24) is 0 Å². The molecule has 17 heavy (non-hydrogen) atoms. The molecule has 2 N–H and O–H groups in total. The van der Waals surface area contributed by atoms with E-state index < -0.39 is 19.9 Å². The van der Waals surface area contributed by atoms with Gasteiger partial charge in [-0.2, -0.15) is 0 Å². The molecule has 0 amide bonds. The van der Waals surface area contributed by atoms with Gasteiger partial charge in [0.1, 0.15) is 8.42 Å². The monoisotopic (exact) mass is 293 g/mol. The zero-order valence-electron chi connectivity index (χ0n) is 9.00. The van der Waals surface area contributed by atoms with Gasteiger partial charge in [-0.05, 0) is 24.0 Å². The fourth-order valence-electron chi connectivity index (χ4n) is 1.73. The molecule has 0 aliphatic carbocycles. The maximum Gasteiger partial charge on any atom is 0.247 e. The smallest absolute Gasteiger partial charge is 0.224 e. The van der Waals surface area contributed by atoms with Gasteiger partial charge >= 0.3 is 0 Å². The lowest BCUT2D eigenvalue weighted by Gasteiger charge is -2.20. The van der Waals surface area contributed by atoms with Crippen molar-refractivity contribution in [3.63, 3.8) is 0 Å². The lowest BCUT2D eigenvalue weighted by atomic mass is 10.0. The highest BCUT2D eigenvalue weighted by Crippen LogP contribution is 2.41. The highest BCUT2D eigenvalue weighted by atomic mass is 32.3. The van der Waals surface area contributed by atoms with E-state index in [0.717, 1.165) is 0 Å². The number of sulfone groups is 1. The van der Waals surface area contributed by atoms with Crippen LogP contribution in [-0.4, -0.2) is 16.8 Å². The molecule has 0 spiro atoms. The quantitative estimate of drug-likeness (QED) is 0.831. The number of allylic oxidation sites excluding steroid dienone is 1. The van der Waals surface area contributed by atoms with Crippen LogP contribution in [0.4, 0.5) is 0 Å². The fraction of sp³-hybridized carbons (Fsp3) is 0.333. The third kappa shape index (κ3) is 1.95. The van der Waals surface area contributed by atoms with Crippen LogP contribution >= 0.6 is 11.3 Å². The van der Waals surface area contributed by atoms with E-state index in [1.54, 1.807) is 6.92 Å². The summed E-state index contributed by atoms with van der Waals surface area (Å²) < 4.78 is 46.4. The first kappa shape index (κ1) is 12.7. The molecule has 1 aliphatic heterocycles. The van der Waals surface area contributed by atoms with Gasteiger partial charge in [-0.3, -0.25) is 0 Å². The number of sulfonamides is 1. The van der Waals surface area contributed by atoms with Crippen molar-refractivity contribution in [3.05, 3.63) is 23.1 Å². The number of thiophene rings is 1. The van der Waals surface area contributed by atoms with Crippen LogP contribution in [0.2, 0.25) is 0 Å². The zero-order chi connectivity index (χ0) is 13.0. The van der Waals surface area contributed by atoms with Gasteiger partial charge in [-0.15, -0.1) is 11.3 Å². The van der Waals surface area contributed by atoms with Gasteiger partial charge in [0.25, 0.3) is 0 Å². The molecule has 94 valence electrons. The molecule has 0 radical (unpaired) electrons. The van der Waals surface area contributed by atoms with Crippen LogP contribution in [0.1, 0.15) is 12.5 Å². The first-order valence-electron chi connectivity index (χ1n) is 4.73. The molecule has 0 fully saturated rings. The number of rotatable bonds is 1. The van der Waals surface area contributed by atoms with Crippen LogP contribution in [0, 0.1) is 5.92 Å². The average Bonchev–Trinajstić information content (AvgIpc) is 2.59. The Labute approximate surface area is 104 Å². The fourth-order valence-corrected chi connectivity index (χ4v) is 5.93. The predicted octanol–water partition coefficient (Wildman–Crippen LogP) is 0.875. The second-order valence-corrected chi connectivity index (χ2v) is 9.04. The Hall–Kier alpha value is -0.700. The van der Waals surface area contributed by atoms with Crippen molar-refractivity contribution in [2.45, 2.75) is 21.8 Å². The molecule has 1 atom stereocenters. The number of hydrogen-bond donors (Lipinski definition) is 1. The summed E-state index contributed by atoms with van der Waals surface area (Å²) in [5, 5.41) is 4.99. The minimum Gasteiger partial charge on any atom is -0.224 e. The van der Waals surface area contributed by atoms with E-state index in [9.17, 15) is 16.8 Å². The molecule has 2 rings (SSSR count). The van der Waals surface area contributed by atoms with Crippen molar-refractivity contribution in [3.8, 4) is 0 Å². The van der Waals surface area contributed by atoms with Crippen molar-refractivity contribution in [2.24, 2.45) is 11.1 Å². The Kier molecular flexibility index (Phi) is 2.73. The molecule has 1 aromatic rings. The lowest BCUT2D eigenvalue weighted by Crippen LogP contribution is -2.18. The number of hydrogen-bond acceptors (Lipinski definition) is 5. The van der Waals surface area contributed by atoms with E-state index in [1.807, 2.05) is 0 Å². The topological polar surface area (TPSA) is 94.3 Å². The lowest BCUT2D eigenvalue weighted by molar-refractivity contribution is 0.580. The third-order valence-electron chi connectivity index (χ3n) is 2.69. The molecular formula is C9H11NO4S3. The van der Waals surface area contributed by atoms with Crippen molar-refractivity contribution < 1.29 is 16.8 Å². The summed E-state index contributed by atoms with van der Waals surface area (Å²) in [5.41, 5.74) is 0.513. The van der Waals surface area contributed by atoms with Crippen LogP contribution in [-0.2, 0) is 26.3 Å². The second-order valence-electron chi connectivity index (χ2n) is 4.00. The van der Waals surface area contributed by atoms with E-state index in [0.29, 0.717) is 23.3 Å². The van der Waals surface area contributed by atoms with Crippen LogP contribution in [0.25, 0.3) is 0 Å². The van der Waals surface area contributed by atoms with E-state index in [1.165, 1.54) is 6.07 Å². The van der Waals surface area contributed by atoms with Gasteiger partial charge in [0.15, 0.2) is 0 Å². The Balaban J connectivity index is 2.73. The number of fused-ring (bicyclic) bond motifs is 1. The van der Waals surface area contributed by atoms with E-state index in [-0.39, 0.29) is 19.2 Å². The first-order valence-corrected chi connectivity index (χ1v) is 8.58. The van der Waals surface area contributed by atoms with Crippen LogP contribution in [0.15, 0.2) is 26.0 Å². The Morgan fingerprint density at radius 2 is 2.12 bits per heavy atom. The van der Waals surface area contributed by atoms with E-state index in [2.05, 4.69) is 6.58 Å². The summed E-state index contributed by atoms with van der Waals surface area (Å²) in [7, 11) is -7.46. The average molecular weight is 293 g/mol. The summed E-state index contributed by atoms with van der Waals surface area (Å²) in [5.74, 6) is -0.213. The maximum atomic E-state index is 12.0. The normalized spacial score (nSPS) is 23.4.